The van der Waals surface area contributed by atoms with Crippen molar-refractivity contribution in [2.75, 3.05) is 5.32 Å². The van der Waals surface area contributed by atoms with E-state index in [9.17, 15) is 0 Å². The quantitative estimate of drug-likeness (QED) is 0.803. The molecule has 4 rings (SSSR count). The molecule has 2 heterocycles. The van der Waals surface area contributed by atoms with Crippen LogP contribution in [0.5, 0.6) is 0 Å². The maximum atomic E-state index is 6.44. The van der Waals surface area contributed by atoms with Crippen molar-refractivity contribution in [2.24, 2.45) is 0 Å². The molecular weight excluding hydrogens is 294 g/mol. The summed E-state index contributed by atoms with van der Waals surface area (Å²) >= 11 is 0. The fourth-order valence-electron chi connectivity index (χ4n) is 3.84. The summed E-state index contributed by atoms with van der Waals surface area (Å²) in [6, 6.07) is 21.2. The molecule has 2 nitrogen and oxygen atoms in total. The monoisotopic (exact) mass is 317 g/mol. The molecule has 0 fully saturated rings. The predicted molar refractivity (Wildman–Crippen MR) is 99.1 cm³/mol. The van der Waals surface area contributed by atoms with Crippen LogP contribution in [0.1, 0.15) is 19.4 Å². The summed E-state index contributed by atoms with van der Waals surface area (Å²) in [6.45, 7) is 4.40. The van der Waals surface area contributed by atoms with Crippen LogP contribution in [-0.2, 0) is 11.2 Å². The predicted octanol–water partition coefficient (Wildman–Crippen LogP) is 4.75. The van der Waals surface area contributed by atoms with E-state index in [0.29, 0.717) is 0 Å². The number of anilines is 1. The first-order chi connectivity index (χ1) is 11.7. The highest BCUT2D eigenvalue weighted by atomic mass is 16.5. The molecule has 0 saturated heterocycles. The highest BCUT2D eigenvalue weighted by Gasteiger charge is 2.50. The van der Waals surface area contributed by atoms with Crippen molar-refractivity contribution >= 4 is 5.69 Å². The normalized spacial score (nSPS) is 26.0. The Bertz CT molecular complexity index is 737. The van der Waals surface area contributed by atoms with Crippen LogP contribution in [0.15, 0.2) is 84.0 Å². The molecule has 0 radical (unpaired) electrons. The van der Waals surface area contributed by atoms with Crippen LogP contribution in [0.3, 0.4) is 0 Å². The van der Waals surface area contributed by atoms with Crippen LogP contribution in [0.4, 0.5) is 5.69 Å². The fourth-order valence-corrected chi connectivity index (χ4v) is 3.84. The second-order valence-electron chi connectivity index (χ2n) is 6.75. The van der Waals surface area contributed by atoms with Crippen LogP contribution >= 0.6 is 0 Å². The molecule has 2 unspecified atom stereocenters. The van der Waals surface area contributed by atoms with E-state index in [-0.39, 0.29) is 17.7 Å². The van der Waals surface area contributed by atoms with E-state index in [1.54, 1.807) is 0 Å². The maximum Gasteiger partial charge on any atom is 0.129 e. The summed E-state index contributed by atoms with van der Waals surface area (Å²) in [5, 5.41) is 3.73. The SMILES string of the molecule is CC1=C(C)C2([C@@H](Cc3ccccc3)Nc3ccccc3)C=CC1O2. The van der Waals surface area contributed by atoms with E-state index in [1.807, 2.05) is 6.07 Å². The highest BCUT2D eigenvalue weighted by molar-refractivity contribution is 5.51. The van der Waals surface area contributed by atoms with Gasteiger partial charge in [-0.3, -0.25) is 0 Å². The number of nitrogens with one attached hydrogen (secondary N) is 1. The molecule has 2 heteroatoms. The molecule has 2 aliphatic rings. The molecule has 1 N–H and O–H groups in total. The molecule has 2 aliphatic heterocycles. The van der Waals surface area contributed by atoms with Gasteiger partial charge in [0.1, 0.15) is 5.60 Å². The molecule has 0 aliphatic carbocycles. The maximum absolute atomic E-state index is 6.44. The number of para-hydroxylation sites is 1. The van der Waals surface area contributed by atoms with Crippen LogP contribution in [0, 0.1) is 0 Å². The lowest BCUT2D eigenvalue weighted by Crippen LogP contribution is -2.47. The molecule has 0 spiro atoms. The van der Waals surface area contributed by atoms with Gasteiger partial charge in [-0.05, 0) is 55.2 Å². The van der Waals surface area contributed by atoms with Crippen LogP contribution in [0.25, 0.3) is 0 Å². The minimum absolute atomic E-state index is 0.140. The number of ether oxygens (including phenoxy) is 1. The van der Waals surface area contributed by atoms with E-state index in [2.05, 4.69) is 85.9 Å². The Labute approximate surface area is 143 Å². The Morgan fingerprint density at radius 2 is 1.67 bits per heavy atom. The molecular formula is C22H23NO. The molecule has 0 saturated carbocycles. The van der Waals surface area contributed by atoms with Crippen molar-refractivity contribution in [2.45, 2.75) is 38.0 Å². The van der Waals surface area contributed by atoms with Crippen molar-refractivity contribution in [3.05, 3.63) is 89.5 Å². The van der Waals surface area contributed by atoms with Gasteiger partial charge >= 0.3 is 0 Å². The topological polar surface area (TPSA) is 21.3 Å². The third-order valence-corrected chi connectivity index (χ3v) is 5.36. The first kappa shape index (κ1) is 15.2. The van der Waals surface area contributed by atoms with E-state index in [1.165, 1.54) is 16.7 Å². The van der Waals surface area contributed by atoms with Crippen LogP contribution in [0.2, 0.25) is 0 Å². The summed E-state index contributed by atoms with van der Waals surface area (Å²) in [4.78, 5) is 0. The number of fused-ring (bicyclic) bond motifs is 2. The zero-order chi connectivity index (χ0) is 16.6. The van der Waals surface area contributed by atoms with Gasteiger partial charge in [0.15, 0.2) is 0 Å². The summed E-state index contributed by atoms with van der Waals surface area (Å²) in [6.07, 6.45) is 5.51. The molecule has 122 valence electrons. The highest BCUT2D eigenvalue weighted by Crippen LogP contribution is 2.46. The number of rotatable bonds is 5. The van der Waals surface area contributed by atoms with Crippen molar-refractivity contribution in [3.63, 3.8) is 0 Å². The molecule has 0 aromatic heterocycles. The lowest BCUT2D eigenvalue weighted by Gasteiger charge is -2.36. The van der Waals surface area contributed by atoms with Gasteiger partial charge in [-0.25, -0.2) is 0 Å². The van der Waals surface area contributed by atoms with E-state index in [4.69, 9.17) is 4.74 Å². The second kappa shape index (κ2) is 5.95. The molecule has 0 amide bonds. The third kappa shape index (κ3) is 2.47. The molecule has 2 aromatic carbocycles. The van der Waals surface area contributed by atoms with Crippen molar-refractivity contribution < 1.29 is 4.74 Å². The molecule has 2 bridgehead atoms. The Balaban J connectivity index is 1.70. The van der Waals surface area contributed by atoms with Gasteiger partial charge in [-0.15, -0.1) is 0 Å². The standard InChI is InChI=1S/C22H23NO/c1-16-17(2)22(14-13-20(16)24-22)21(15-18-9-5-3-6-10-18)23-19-11-7-4-8-12-19/h3-14,20-21,23H,15H2,1-2H3/t20?,21-,22?/m1/s1. The summed E-state index contributed by atoms with van der Waals surface area (Å²) in [5.74, 6) is 0. The van der Waals surface area contributed by atoms with Gasteiger partial charge in [-0.1, -0.05) is 54.6 Å². The Morgan fingerprint density at radius 3 is 2.29 bits per heavy atom. The van der Waals surface area contributed by atoms with Crippen molar-refractivity contribution in [1.82, 2.24) is 0 Å². The molecule has 2 aromatic rings. The number of benzene rings is 2. The minimum Gasteiger partial charge on any atom is -0.378 e. The van der Waals surface area contributed by atoms with Crippen LogP contribution in [-0.4, -0.2) is 17.7 Å². The first-order valence-electron chi connectivity index (χ1n) is 8.59. The van der Waals surface area contributed by atoms with E-state index < -0.39 is 0 Å². The summed E-state index contributed by atoms with van der Waals surface area (Å²) < 4.78 is 6.44. The second-order valence-corrected chi connectivity index (χ2v) is 6.75. The largest absolute Gasteiger partial charge is 0.378 e. The lowest BCUT2D eigenvalue weighted by molar-refractivity contribution is 0.0278. The van der Waals surface area contributed by atoms with Crippen molar-refractivity contribution in [3.8, 4) is 0 Å². The Kier molecular flexibility index (Phi) is 3.78. The number of hydrogen-bond acceptors (Lipinski definition) is 2. The smallest absolute Gasteiger partial charge is 0.129 e. The average molecular weight is 317 g/mol. The zero-order valence-electron chi connectivity index (χ0n) is 14.2. The van der Waals surface area contributed by atoms with E-state index in [0.717, 1.165) is 12.1 Å². The zero-order valence-corrected chi connectivity index (χ0v) is 14.2. The lowest BCUT2D eigenvalue weighted by atomic mass is 9.80. The fraction of sp³-hybridized carbons (Fsp3) is 0.273. The van der Waals surface area contributed by atoms with Gasteiger partial charge in [0.25, 0.3) is 0 Å². The minimum atomic E-state index is -0.347. The molecule has 24 heavy (non-hydrogen) atoms. The number of hydrogen-bond donors (Lipinski definition) is 1. The molecule has 3 atom stereocenters. The Hall–Kier alpha value is -2.32. The summed E-state index contributed by atoms with van der Waals surface area (Å²) in [5.41, 5.74) is 4.80. The average Bonchev–Trinajstić information content (AvgIpc) is 3.16. The third-order valence-electron chi connectivity index (χ3n) is 5.36. The van der Waals surface area contributed by atoms with Crippen molar-refractivity contribution in [1.29, 1.82) is 0 Å². The first-order valence-corrected chi connectivity index (χ1v) is 8.59. The summed E-state index contributed by atoms with van der Waals surface area (Å²) in [7, 11) is 0. The van der Waals surface area contributed by atoms with Gasteiger partial charge in [-0.2, -0.15) is 0 Å². The van der Waals surface area contributed by atoms with Crippen LogP contribution < -0.4 is 5.32 Å². The van der Waals surface area contributed by atoms with Gasteiger partial charge < -0.3 is 10.1 Å². The van der Waals surface area contributed by atoms with Gasteiger partial charge in [0.2, 0.25) is 0 Å². The Morgan fingerprint density at radius 1 is 1.00 bits per heavy atom. The van der Waals surface area contributed by atoms with Gasteiger partial charge in [0, 0.05) is 5.69 Å². The van der Waals surface area contributed by atoms with E-state index >= 15 is 0 Å². The van der Waals surface area contributed by atoms with Gasteiger partial charge in [0.05, 0.1) is 12.1 Å².